The fraction of sp³-hybridized carbons (Fsp3) is 0.500. The van der Waals surface area contributed by atoms with Crippen molar-refractivity contribution in [2.24, 2.45) is 0 Å². The molecule has 0 fully saturated rings. The molecule has 5 nitrogen and oxygen atoms in total. The van der Waals surface area contributed by atoms with E-state index in [1.165, 1.54) is 0 Å². The number of likely N-dealkylation sites (N-methyl/N-ethyl adjacent to an activating group) is 1. The molecule has 0 atom stereocenters. The number of amides is 1. The summed E-state index contributed by atoms with van der Waals surface area (Å²) in [5, 5.41) is 11.6. The molecule has 1 N–H and O–H groups in total. The van der Waals surface area contributed by atoms with Crippen LogP contribution in [-0.2, 0) is 4.79 Å². The topological polar surface area (TPSA) is 65.4 Å². The maximum atomic E-state index is 11.7. The van der Waals surface area contributed by atoms with Crippen molar-refractivity contribution in [2.75, 3.05) is 26.2 Å². The van der Waals surface area contributed by atoms with Crippen LogP contribution in [0.3, 0.4) is 0 Å². The van der Waals surface area contributed by atoms with E-state index in [9.17, 15) is 4.79 Å². The van der Waals surface area contributed by atoms with E-state index in [0.717, 1.165) is 12.3 Å². The first kappa shape index (κ1) is 17.0. The molecule has 1 amide bonds. The van der Waals surface area contributed by atoms with E-state index >= 15 is 0 Å². The second kappa shape index (κ2) is 8.98. The van der Waals surface area contributed by atoms with Gasteiger partial charge in [-0.15, -0.1) is 0 Å². The number of nitrogens with zero attached hydrogens (tertiary/aromatic N) is 2. The van der Waals surface area contributed by atoms with Gasteiger partial charge in [0, 0.05) is 12.6 Å². The van der Waals surface area contributed by atoms with Crippen LogP contribution >= 0.6 is 0 Å². The summed E-state index contributed by atoms with van der Waals surface area (Å²) >= 11 is 0. The first-order valence-corrected chi connectivity index (χ1v) is 7.19. The van der Waals surface area contributed by atoms with Crippen molar-refractivity contribution in [3.05, 3.63) is 29.8 Å². The molecule has 0 aliphatic carbocycles. The van der Waals surface area contributed by atoms with Crippen LogP contribution in [0.15, 0.2) is 24.3 Å². The van der Waals surface area contributed by atoms with Gasteiger partial charge in [0.25, 0.3) is 0 Å². The van der Waals surface area contributed by atoms with Crippen molar-refractivity contribution in [3.8, 4) is 11.8 Å². The minimum Gasteiger partial charge on any atom is -0.492 e. The van der Waals surface area contributed by atoms with Crippen LogP contribution in [-0.4, -0.2) is 43.1 Å². The van der Waals surface area contributed by atoms with E-state index < -0.39 is 0 Å². The zero-order valence-corrected chi connectivity index (χ0v) is 12.9. The first-order chi connectivity index (χ1) is 10.0. The highest BCUT2D eigenvalue weighted by atomic mass is 16.5. The number of hydrogen-bond acceptors (Lipinski definition) is 4. The fourth-order valence-corrected chi connectivity index (χ4v) is 1.84. The molecule has 114 valence electrons. The van der Waals surface area contributed by atoms with E-state index in [0.29, 0.717) is 25.3 Å². The molecule has 0 unspecified atom stereocenters. The highest BCUT2D eigenvalue weighted by molar-refractivity contribution is 5.78. The third-order valence-corrected chi connectivity index (χ3v) is 2.92. The van der Waals surface area contributed by atoms with Gasteiger partial charge >= 0.3 is 0 Å². The predicted molar refractivity (Wildman–Crippen MR) is 82.0 cm³/mol. The van der Waals surface area contributed by atoms with Crippen LogP contribution in [0.4, 0.5) is 0 Å². The molecule has 5 heteroatoms. The molecule has 0 radical (unpaired) electrons. The van der Waals surface area contributed by atoms with E-state index in [-0.39, 0.29) is 11.9 Å². The molecule has 0 bridgehead atoms. The maximum Gasteiger partial charge on any atom is 0.234 e. The minimum atomic E-state index is 0.0326. The number of hydrogen-bond donors (Lipinski definition) is 1. The monoisotopic (exact) mass is 289 g/mol. The van der Waals surface area contributed by atoms with Gasteiger partial charge in [0.1, 0.15) is 12.4 Å². The van der Waals surface area contributed by atoms with Crippen LogP contribution < -0.4 is 10.1 Å². The van der Waals surface area contributed by atoms with Crippen molar-refractivity contribution >= 4 is 5.91 Å². The highest BCUT2D eigenvalue weighted by Crippen LogP contribution is 2.11. The molecule has 1 rings (SSSR count). The number of carbonyl (C=O) groups is 1. The molecule has 0 saturated heterocycles. The van der Waals surface area contributed by atoms with Gasteiger partial charge in [0.05, 0.1) is 18.2 Å². The fourth-order valence-electron chi connectivity index (χ4n) is 1.84. The summed E-state index contributed by atoms with van der Waals surface area (Å²) in [6.07, 6.45) is 0. The lowest BCUT2D eigenvalue weighted by Crippen LogP contribution is -2.41. The Kier molecular flexibility index (Phi) is 7.27. The Labute approximate surface area is 126 Å². The largest absolute Gasteiger partial charge is 0.492 e. The number of carbonyl (C=O) groups excluding carboxylic acids is 1. The Hall–Kier alpha value is -2.06. The molecule has 0 aliphatic heterocycles. The lowest BCUT2D eigenvalue weighted by atomic mass is 10.2. The van der Waals surface area contributed by atoms with E-state index in [1.54, 1.807) is 24.3 Å². The summed E-state index contributed by atoms with van der Waals surface area (Å²) in [5.74, 6) is 0.766. The minimum absolute atomic E-state index is 0.0326. The number of rotatable bonds is 8. The molecule has 0 aromatic heterocycles. The van der Waals surface area contributed by atoms with Crippen LogP contribution in [0.25, 0.3) is 0 Å². The Bertz CT molecular complexity index is 477. The summed E-state index contributed by atoms with van der Waals surface area (Å²) in [6.45, 7) is 8.28. The quantitative estimate of drug-likeness (QED) is 0.792. The molecule has 1 aromatic rings. The number of nitrogens with one attached hydrogen (secondary N) is 1. The van der Waals surface area contributed by atoms with Crippen molar-refractivity contribution in [2.45, 2.75) is 26.8 Å². The number of nitriles is 1. The van der Waals surface area contributed by atoms with Gasteiger partial charge in [0.2, 0.25) is 5.91 Å². The smallest absolute Gasteiger partial charge is 0.234 e. The lowest BCUT2D eigenvalue weighted by Gasteiger charge is -2.20. The average Bonchev–Trinajstić information content (AvgIpc) is 2.46. The third-order valence-electron chi connectivity index (χ3n) is 2.92. The molecule has 0 saturated carbocycles. The van der Waals surface area contributed by atoms with Crippen molar-refractivity contribution in [1.82, 2.24) is 10.2 Å². The summed E-state index contributed by atoms with van der Waals surface area (Å²) < 4.78 is 5.62. The summed E-state index contributed by atoms with van der Waals surface area (Å²) in [7, 11) is 0. The Morgan fingerprint density at radius 2 is 2.05 bits per heavy atom. The zero-order chi connectivity index (χ0) is 15.7. The van der Waals surface area contributed by atoms with Gasteiger partial charge in [-0.2, -0.15) is 5.26 Å². The Morgan fingerprint density at radius 1 is 1.38 bits per heavy atom. The Morgan fingerprint density at radius 3 is 2.57 bits per heavy atom. The second-order valence-electron chi connectivity index (χ2n) is 5.08. The molecular weight excluding hydrogens is 266 g/mol. The first-order valence-electron chi connectivity index (χ1n) is 7.19. The zero-order valence-electron chi connectivity index (χ0n) is 12.9. The summed E-state index contributed by atoms with van der Waals surface area (Å²) in [4.78, 5) is 13.7. The van der Waals surface area contributed by atoms with Crippen molar-refractivity contribution in [3.63, 3.8) is 0 Å². The van der Waals surface area contributed by atoms with Crippen molar-refractivity contribution in [1.29, 1.82) is 5.26 Å². The van der Waals surface area contributed by atoms with Crippen LogP contribution in [0.1, 0.15) is 26.3 Å². The molecule has 0 heterocycles. The summed E-state index contributed by atoms with van der Waals surface area (Å²) in [5.41, 5.74) is 0.614. The molecule has 0 aliphatic rings. The SMILES string of the molecule is CCN(CCOc1ccc(C#N)cc1)CC(=O)NC(C)C. The normalized spacial score (nSPS) is 10.5. The molecule has 21 heavy (non-hydrogen) atoms. The van der Waals surface area contributed by atoms with Crippen LogP contribution in [0.5, 0.6) is 5.75 Å². The van der Waals surface area contributed by atoms with Crippen LogP contribution in [0, 0.1) is 11.3 Å². The number of benzene rings is 1. The standard InChI is InChI=1S/C16H23N3O2/c1-4-19(12-16(20)18-13(2)3)9-10-21-15-7-5-14(11-17)6-8-15/h5-8,13H,4,9-10,12H2,1-3H3,(H,18,20). The van der Waals surface area contributed by atoms with E-state index in [1.807, 2.05) is 25.7 Å². The van der Waals surface area contributed by atoms with E-state index in [2.05, 4.69) is 11.4 Å². The lowest BCUT2D eigenvalue weighted by molar-refractivity contribution is -0.122. The predicted octanol–water partition coefficient (Wildman–Crippen LogP) is 1.78. The van der Waals surface area contributed by atoms with Crippen LogP contribution in [0.2, 0.25) is 0 Å². The van der Waals surface area contributed by atoms with E-state index in [4.69, 9.17) is 10.00 Å². The van der Waals surface area contributed by atoms with Gasteiger partial charge in [-0.3, -0.25) is 9.69 Å². The average molecular weight is 289 g/mol. The van der Waals surface area contributed by atoms with Gasteiger partial charge in [-0.05, 0) is 44.7 Å². The molecular formula is C16H23N3O2. The maximum absolute atomic E-state index is 11.7. The van der Waals surface area contributed by atoms with Crippen molar-refractivity contribution < 1.29 is 9.53 Å². The second-order valence-corrected chi connectivity index (χ2v) is 5.08. The summed E-state index contributed by atoms with van der Waals surface area (Å²) in [6, 6.07) is 9.23. The highest BCUT2D eigenvalue weighted by Gasteiger charge is 2.09. The van der Waals surface area contributed by atoms with Gasteiger partial charge in [-0.25, -0.2) is 0 Å². The molecule has 1 aromatic carbocycles. The Balaban J connectivity index is 2.34. The van der Waals surface area contributed by atoms with Gasteiger partial charge in [0.15, 0.2) is 0 Å². The molecule has 0 spiro atoms. The van der Waals surface area contributed by atoms with Gasteiger partial charge in [-0.1, -0.05) is 6.92 Å². The van der Waals surface area contributed by atoms with Gasteiger partial charge < -0.3 is 10.1 Å². The third kappa shape index (κ3) is 6.77. The number of ether oxygens (including phenoxy) is 1.